The van der Waals surface area contributed by atoms with E-state index in [1.807, 2.05) is 0 Å². The number of carboxylic acid groups (broad SMARTS) is 1. The Morgan fingerprint density at radius 2 is 1.94 bits per heavy atom. The molecule has 0 aromatic rings. The van der Waals surface area contributed by atoms with E-state index in [0.29, 0.717) is 12.8 Å². The van der Waals surface area contributed by atoms with Gasteiger partial charge in [-0.3, -0.25) is 9.59 Å². The number of nitrogens with two attached hydrogens (primary N) is 2. The number of aliphatic carboxylic acids is 1. The summed E-state index contributed by atoms with van der Waals surface area (Å²) in [5.41, 5.74) is 9.26. The third kappa shape index (κ3) is 2.93. The second-order valence-electron chi connectivity index (χ2n) is 3.99. The minimum atomic E-state index is -1.14. The number of nitrogens with one attached hydrogen (secondary N) is 1. The molecule has 0 aliphatic heterocycles. The minimum Gasteiger partial charge on any atom is -0.480 e. The molecule has 90 valence electrons. The molecule has 0 saturated heterocycles. The van der Waals surface area contributed by atoms with Crippen molar-refractivity contribution in [3.05, 3.63) is 0 Å². The van der Waals surface area contributed by atoms with Crippen molar-refractivity contribution in [1.29, 1.82) is 0 Å². The zero-order valence-electron chi connectivity index (χ0n) is 8.73. The number of carbonyl (C=O) groups excluding carboxylic acids is 2. The first-order chi connectivity index (χ1) is 7.37. The van der Waals surface area contributed by atoms with Crippen LogP contribution in [0.4, 0.5) is 0 Å². The Morgan fingerprint density at radius 3 is 2.31 bits per heavy atom. The van der Waals surface area contributed by atoms with Crippen LogP contribution in [0, 0.1) is 0 Å². The highest BCUT2D eigenvalue weighted by atomic mass is 16.4. The molecule has 16 heavy (non-hydrogen) atoms. The van der Waals surface area contributed by atoms with E-state index in [2.05, 4.69) is 5.32 Å². The molecule has 7 heteroatoms. The van der Waals surface area contributed by atoms with Gasteiger partial charge in [0.2, 0.25) is 11.8 Å². The maximum Gasteiger partial charge on any atom is 0.329 e. The average Bonchev–Trinajstić information content (AvgIpc) is 2.95. The Kier molecular flexibility index (Phi) is 3.48. The monoisotopic (exact) mass is 229 g/mol. The molecule has 1 saturated carbocycles. The summed E-state index contributed by atoms with van der Waals surface area (Å²) in [5, 5.41) is 11.2. The standard InChI is InChI=1S/C9H15N3O4/c10-5(1-2-6(11)13)7(14)12-9(3-4-9)8(15)16/h5H,1-4,10H2,(H2,11,13)(H,12,14)(H,15,16)/t5-/m0/s1. The van der Waals surface area contributed by atoms with Crippen molar-refractivity contribution in [2.24, 2.45) is 11.5 Å². The van der Waals surface area contributed by atoms with E-state index in [1.165, 1.54) is 0 Å². The van der Waals surface area contributed by atoms with Gasteiger partial charge in [0, 0.05) is 6.42 Å². The first-order valence-corrected chi connectivity index (χ1v) is 4.97. The predicted molar refractivity (Wildman–Crippen MR) is 54.1 cm³/mol. The summed E-state index contributed by atoms with van der Waals surface area (Å²) in [4.78, 5) is 32.7. The predicted octanol–water partition coefficient (Wildman–Crippen LogP) is -1.69. The van der Waals surface area contributed by atoms with Crippen LogP contribution in [0.25, 0.3) is 0 Å². The molecule has 1 aliphatic carbocycles. The van der Waals surface area contributed by atoms with E-state index in [9.17, 15) is 14.4 Å². The van der Waals surface area contributed by atoms with Gasteiger partial charge >= 0.3 is 5.97 Å². The summed E-state index contributed by atoms with van der Waals surface area (Å²) >= 11 is 0. The Hall–Kier alpha value is -1.63. The second-order valence-corrected chi connectivity index (χ2v) is 3.99. The van der Waals surface area contributed by atoms with Crippen molar-refractivity contribution in [2.45, 2.75) is 37.3 Å². The molecule has 0 aromatic heterocycles. The first-order valence-electron chi connectivity index (χ1n) is 4.97. The van der Waals surface area contributed by atoms with Crippen molar-refractivity contribution in [3.8, 4) is 0 Å². The zero-order chi connectivity index (χ0) is 12.3. The molecule has 0 radical (unpaired) electrons. The van der Waals surface area contributed by atoms with Gasteiger partial charge in [-0.2, -0.15) is 0 Å². The number of carbonyl (C=O) groups is 3. The van der Waals surface area contributed by atoms with Gasteiger partial charge in [-0.15, -0.1) is 0 Å². The second kappa shape index (κ2) is 4.48. The van der Waals surface area contributed by atoms with Crippen LogP contribution in [0.2, 0.25) is 0 Å². The molecule has 2 amide bonds. The van der Waals surface area contributed by atoms with Crippen LogP contribution >= 0.6 is 0 Å². The highest BCUT2D eigenvalue weighted by molar-refractivity contribution is 5.91. The Bertz CT molecular complexity index is 325. The molecule has 1 aliphatic rings. The van der Waals surface area contributed by atoms with Crippen LogP contribution in [0.3, 0.4) is 0 Å². The number of amides is 2. The smallest absolute Gasteiger partial charge is 0.329 e. The lowest BCUT2D eigenvalue weighted by Gasteiger charge is -2.16. The van der Waals surface area contributed by atoms with Crippen LogP contribution in [-0.2, 0) is 14.4 Å². The summed E-state index contributed by atoms with van der Waals surface area (Å²) in [5.74, 6) is -2.15. The fourth-order valence-electron chi connectivity index (χ4n) is 1.27. The third-order valence-electron chi connectivity index (χ3n) is 2.56. The molecule has 1 fully saturated rings. The highest BCUT2D eigenvalue weighted by Gasteiger charge is 2.51. The van der Waals surface area contributed by atoms with Crippen molar-refractivity contribution < 1.29 is 19.5 Å². The Labute approximate surface area is 92.2 Å². The van der Waals surface area contributed by atoms with Crippen LogP contribution < -0.4 is 16.8 Å². The van der Waals surface area contributed by atoms with Crippen molar-refractivity contribution >= 4 is 17.8 Å². The largest absolute Gasteiger partial charge is 0.480 e. The fourth-order valence-corrected chi connectivity index (χ4v) is 1.27. The van der Waals surface area contributed by atoms with Gasteiger partial charge in [-0.25, -0.2) is 4.79 Å². The number of hydrogen-bond donors (Lipinski definition) is 4. The zero-order valence-corrected chi connectivity index (χ0v) is 8.73. The molecule has 0 heterocycles. The molecule has 6 N–H and O–H groups in total. The quantitative estimate of drug-likeness (QED) is 0.431. The van der Waals surface area contributed by atoms with E-state index in [-0.39, 0.29) is 12.8 Å². The highest BCUT2D eigenvalue weighted by Crippen LogP contribution is 2.35. The molecule has 0 spiro atoms. The van der Waals surface area contributed by atoms with E-state index in [0.717, 1.165) is 0 Å². The van der Waals surface area contributed by atoms with E-state index in [1.54, 1.807) is 0 Å². The topological polar surface area (TPSA) is 136 Å². The van der Waals surface area contributed by atoms with Crippen molar-refractivity contribution in [3.63, 3.8) is 0 Å². The maximum atomic E-state index is 11.5. The summed E-state index contributed by atoms with van der Waals surface area (Å²) in [6, 6.07) is -0.899. The fraction of sp³-hybridized carbons (Fsp3) is 0.667. The SMILES string of the molecule is NC(=O)CC[C@H](N)C(=O)NC1(C(=O)O)CC1. The van der Waals surface area contributed by atoms with Crippen molar-refractivity contribution in [2.75, 3.05) is 0 Å². The van der Waals surface area contributed by atoms with Crippen LogP contribution in [0.1, 0.15) is 25.7 Å². The van der Waals surface area contributed by atoms with Crippen LogP contribution in [0.5, 0.6) is 0 Å². The lowest BCUT2D eigenvalue weighted by atomic mass is 10.1. The summed E-state index contributed by atoms with van der Waals surface area (Å²) in [6.07, 6.45) is 0.957. The number of carboxylic acids is 1. The number of hydrogen-bond acceptors (Lipinski definition) is 4. The van der Waals surface area contributed by atoms with Gasteiger partial charge < -0.3 is 21.9 Å². The molecule has 7 nitrogen and oxygen atoms in total. The lowest BCUT2D eigenvalue weighted by molar-refractivity contribution is -0.143. The first kappa shape index (κ1) is 12.4. The van der Waals surface area contributed by atoms with Crippen LogP contribution in [0.15, 0.2) is 0 Å². The Morgan fingerprint density at radius 1 is 1.38 bits per heavy atom. The van der Waals surface area contributed by atoms with E-state index in [4.69, 9.17) is 16.6 Å². The van der Waals surface area contributed by atoms with E-state index >= 15 is 0 Å². The molecule has 0 bridgehead atoms. The lowest BCUT2D eigenvalue weighted by Crippen LogP contribution is -2.50. The molecular weight excluding hydrogens is 214 g/mol. The van der Waals surface area contributed by atoms with Gasteiger partial charge in [-0.1, -0.05) is 0 Å². The minimum absolute atomic E-state index is 0.00859. The summed E-state index contributed by atoms with van der Waals surface area (Å²) < 4.78 is 0. The average molecular weight is 229 g/mol. The van der Waals surface area contributed by atoms with Gasteiger partial charge in [0.25, 0.3) is 0 Å². The van der Waals surface area contributed by atoms with Crippen LogP contribution in [-0.4, -0.2) is 34.5 Å². The summed E-state index contributed by atoms with van der Waals surface area (Å²) in [7, 11) is 0. The summed E-state index contributed by atoms with van der Waals surface area (Å²) in [6.45, 7) is 0. The van der Waals surface area contributed by atoms with Gasteiger partial charge in [-0.05, 0) is 19.3 Å². The maximum absolute atomic E-state index is 11.5. The molecule has 1 atom stereocenters. The number of rotatable bonds is 6. The molecule has 1 rings (SSSR count). The molecular formula is C9H15N3O4. The van der Waals surface area contributed by atoms with Crippen molar-refractivity contribution in [1.82, 2.24) is 5.32 Å². The Balaban J connectivity index is 2.40. The third-order valence-corrected chi connectivity index (χ3v) is 2.56. The van der Waals surface area contributed by atoms with Gasteiger partial charge in [0.15, 0.2) is 0 Å². The number of primary amides is 1. The molecule has 0 aromatic carbocycles. The van der Waals surface area contributed by atoms with Gasteiger partial charge in [0.1, 0.15) is 5.54 Å². The van der Waals surface area contributed by atoms with E-state index < -0.39 is 29.4 Å². The van der Waals surface area contributed by atoms with Gasteiger partial charge in [0.05, 0.1) is 6.04 Å². The molecule has 0 unspecified atom stereocenters. The normalized spacial score (nSPS) is 18.6.